The zero-order valence-corrected chi connectivity index (χ0v) is 10.5. The van der Waals surface area contributed by atoms with Gasteiger partial charge in [0.2, 0.25) is 0 Å². The molecule has 2 rings (SSSR count). The summed E-state index contributed by atoms with van der Waals surface area (Å²) in [5.41, 5.74) is 0.936. The van der Waals surface area contributed by atoms with E-state index in [2.05, 4.69) is 15.2 Å². The SMILES string of the molecule is Cc1n[nH]c(C)c1Sc1ccc(C(F)(F)F)cn1. The molecule has 3 nitrogen and oxygen atoms in total. The third-order valence-electron chi connectivity index (χ3n) is 2.33. The number of nitrogens with zero attached hydrogens (tertiary/aromatic N) is 2. The van der Waals surface area contributed by atoms with E-state index in [1.165, 1.54) is 17.8 Å². The minimum Gasteiger partial charge on any atom is -0.281 e. The summed E-state index contributed by atoms with van der Waals surface area (Å²) in [4.78, 5) is 4.69. The van der Waals surface area contributed by atoms with E-state index in [4.69, 9.17) is 0 Å². The Morgan fingerprint density at radius 1 is 1.22 bits per heavy atom. The maximum atomic E-state index is 12.4. The largest absolute Gasteiger partial charge is 0.417 e. The second-order valence-corrected chi connectivity index (χ2v) is 4.78. The van der Waals surface area contributed by atoms with E-state index in [0.29, 0.717) is 5.03 Å². The van der Waals surface area contributed by atoms with Gasteiger partial charge in [-0.25, -0.2) is 4.98 Å². The number of aromatic nitrogens is 3. The van der Waals surface area contributed by atoms with E-state index in [-0.39, 0.29) is 0 Å². The van der Waals surface area contributed by atoms with Crippen LogP contribution in [0.4, 0.5) is 13.2 Å². The van der Waals surface area contributed by atoms with Crippen molar-refractivity contribution in [1.82, 2.24) is 15.2 Å². The smallest absolute Gasteiger partial charge is 0.281 e. The van der Waals surface area contributed by atoms with E-state index >= 15 is 0 Å². The fourth-order valence-corrected chi connectivity index (χ4v) is 2.25. The number of rotatable bonds is 2. The van der Waals surface area contributed by atoms with Gasteiger partial charge in [-0.3, -0.25) is 5.10 Å². The lowest BCUT2D eigenvalue weighted by Gasteiger charge is -2.06. The molecule has 0 saturated heterocycles. The summed E-state index contributed by atoms with van der Waals surface area (Å²) < 4.78 is 37.1. The monoisotopic (exact) mass is 273 g/mol. The normalized spacial score (nSPS) is 11.8. The van der Waals surface area contributed by atoms with E-state index in [1.807, 2.05) is 13.8 Å². The van der Waals surface area contributed by atoms with E-state index in [9.17, 15) is 13.2 Å². The number of halogens is 3. The fraction of sp³-hybridized carbons (Fsp3) is 0.273. The Bertz CT molecular complexity index is 526. The molecule has 0 spiro atoms. The van der Waals surface area contributed by atoms with Gasteiger partial charge in [0.25, 0.3) is 0 Å². The highest BCUT2D eigenvalue weighted by atomic mass is 32.2. The van der Waals surface area contributed by atoms with E-state index in [1.54, 1.807) is 0 Å². The summed E-state index contributed by atoms with van der Waals surface area (Å²) >= 11 is 1.29. The maximum Gasteiger partial charge on any atom is 0.417 e. The first-order valence-corrected chi connectivity index (χ1v) is 5.92. The average Bonchev–Trinajstić information content (AvgIpc) is 2.60. The summed E-state index contributed by atoms with van der Waals surface area (Å²) in [6, 6.07) is 2.39. The Morgan fingerprint density at radius 3 is 2.39 bits per heavy atom. The molecule has 0 atom stereocenters. The first-order chi connectivity index (χ1) is 8.38. The van der Waals surface area contributed by atoms with Gasteiger partial charge >= 0.3 is 6.18 Å². The second kappa shape index (κ2) is 4.64. The summed E-state index contributed by atoms with van der Waals surface area (Å²) in [5, 5.41) is 7.34. The molecular formula is C11H10F3N3S. The molecule has 0 unspecified atom stereocenters. The summed E-state index contributed by atoms with van der Waals surface area (Å²) in [5.74, 6) is 0. The highest BCUT2D eigenvalue weighted by molar-refractivity contribution is 7.99. The molecule has 2 aromatic rings. The van der Waals surface area contributed by atoms with E-state index in [0.717, 1.165) is 28.5 Å². The van der Waals surface area contributed by atoms with Gasteiger partial charge in [0, 0.05) is 11.9 Å². The predicted octanol–water partition coefficient (Wildman–Crippen LogP) is 3.59. The lowest BCUT2D eigenvalue weighted by Crippen LogP contribution is -2.05. The molecule has 96 valence electrons. The molecule has 0 amide bonds. The van der Waals surface area contributed by atoms with Crippen LogP contribution in [0.5, 0.6) is 0 Å². The van der Waals surface area contributed by atoms with Crippen LogP contribution in [-0.4, -0.2) is 15.2 Å². The van der Waals surface area contributed by atoms with Crippen molar-refractivity contribution in [2.45, 2.75) is 29.9 Å². The van der Waals surface area contributed by atoms with Crippen molar-refractivity contribution in [1.29, 1.82) is 0 Å². The average molecular weight is 273 g/mol. The first kappa shape index (κ1) is 12.9. The Hall–Kier alpha value is -1.50. The van der Waals surface area contributed by atoms with Crippen LogP contribution < -0.4 is 0 Å². The van der Waals surface area contributed by atoms with Crippen molar-refractivity contribution in [3.8, 4) is 0 Å². The molecule has 1 N–H and O–H groups in total. The Kier molecular flexibility index (Phi) is 3.34. The number of H-pyrrole nitrogens is 1. The van der Waals surface area contributed by atoms with Gasteiger partial charge in [-0.2, -0.15) is 18.3 Å². The van der Waals surface area contributed by atoms with Gasteiger partial charge < -0.3 is 0 Å². The minimum absolute atomic E-state index is 0.510. The number of aromatic amines is 1. The van der Waals surface area contributed by atoms with Gasteiger partial charge in [-0.05, 0) is 26.0 Å². The Labute approximate surface area is 106 Å². The zero-order valence-electron chi connectivity index (χ0n) is 9.67. The molecule has 0 fully saturated rings. The van der Waals surface area contributed by atoms with Gasteiger partial charge in [0.05, 0.1) is 16.2 Å². The third-order valence-corrected chi connectivity index (χ3v) is 3.59. The summed E-state index contributed by atoms with van der Waals surface area (Å²) in [6.07, 6.45) is -3.51. The molecule has 0 aliphatic carbocycles. The van der Waals surface area contributed by atoms with Crippen LogP contribution in [0, 0.1) is 13.8 Å². The van der Waals surface area contributed by atoms with Gasteiger partial charge in [0.1, 0.15) is 5.03 Å². The molecule has 0 radical (unpaired) electrons. The molecule has 2 aromatic heterocycles. The minimum atomic E-state index is -4.35. The summed E-state index contributed by atoms with van der Waals surface area (Å²) in [7, 11) is 0. The summed E-state index contributed by atoms with van der Waals surface area (Å²) in [6.45, 7) is 3.68. The van der Waals surface area contributed by atoms with E-state index < -0.39 is 11.7 Å². The number of hydrogen-bond acceptors (Lipinski definition) is 3. The van der Waals surface area contributed by atoms with Crippen molar-refractivity contribution in [2.24, 2.45) is 0 Å². The van der Waals surface area contributed by atoms with Crippen molar-refractivity contribution in [3.63, 3.8) is 0 Å². The Morgan fingerprint density at radius 2 is 1.94 bits per heavy atom. The Balaban J connectivity index is 2.21. The molecular weight excluding hydrogens is 263 g/mol. The fourth-order valence-electron chi connectivity index (χ4n) is 1.40. The molecule has 0 bridgehead atoms. The second-order valence-electron chi connectivity index (χ2n) is 3.75. The van der Waals surface area contributed by atoms with Crippen molar-refractivity contribution in [2.75, 3.05) is 0 Å². The molecule has 0 aliphatic rings. The maximum absolute atomic E-state index is 12.4. The lowest BCUT2D eigenvalue weighted by molar-refractivity contribution is -0.137. The van der Waals surface area contributed by atoms with Gasteiger partial charge in [-0.15, -0.1) is 0 Å². The standard InChI is InChI=1S/C11H10F3N3S/c1-6-10(7(2)17-16-6)18-9-4-3-8(5-15-9)11(12,13)14/h3-5H,1-2H3,(H,16,17). The highest BCUT2D eigenvalue weighted by Gasteiger charge is 2.30. The predicted molar refractivity (Wildman–Crippen MR) is 61.4 cm³/mol. The van der Waals surface area contributed by atoms with Crippen molar-refractivity contribution < 1.29 is 13.2 Å². The quantitative estimate of drug-likeness (QED) is 0.909. The number of alkyl halides is 3. The number of hydrogen-bond donors (Lipinski definition) is 1. The zero-order chi connectivity index (χ0) is 13.3. The first-order valence-electron chi connectivity index (χ1n) is 5.10. The van der Waals surface area contributed by atoms with Crippen molar-refractivity contribution >= 4 is 11.8 Å². The molecule has 18 heavy (non-hydrogen) atoms. The molecule has 0 aliphatic heterocycles. The van der Waals surface area contributed by atoms with Crippen LogP contribution >= 0.6 is 11.8 Å². The van der Waals surface area contributed by atoms with Gasteiger partial charge in [0.15, 0.2) is 0 Å². The molecule has 0 saturated carbocycles. The van der Waals surface area contributed by atoms with Crippen LogP contribution in [0.2, 0.25) is 0 Å². The van der Waals surface area contributed by atoms with Crippen LogP contribution in [0.3, 0.4) is 0 Å². The number of pyridine rings is 1. The molecule has 2 heterocycles. The van der Waals surface area contributed by atoms with Crippen LogP contribution in [-0.2, 0) is 6.18 Å². The molecule has 0 aromatic carbocycles. The van der Waals surface area contributed by atoms with Crippen LogP contribution in [0.15, 0.2) is 28.3 Å². The number of aryl methyl sites for hydroxylation is 2. The van der Waals surface area contributed by atoms with Crippen molar-refractivity contribution in [3.05, 3.63) is 35.3 Å². The lowest BCUT2D eigenvalue weighted by atomic mass is 10.3. The van der Waals surface area contributed by atoms with Gasteiger partial charge in [-0.1, -0.05) is 11.8 Å². The topological polar surface area (TPSA) is 41.6 Å². The highest BCUT2D eigenvalue weighted by Crippen LogP contribution is 2.33. The molecule has 7 heteroatoms. The number of nitrogens with one attached hydrogen (secondary N) is 1. The third kappa shape index (κ3) is 2.66. The van der Waals surface area contributed by atoms with Crippen LogP contribution in [0.25, 0.3) is 0 Å². The van der Waals surface area contributed by atoms with Crippen LogP contribution in [0.1, 0.15) is 17.0 Å².